The summed E-state index contributed by atoms with van der Waals surface area (Å²) in [5.41, 5.74) is 0. The predicted molar refractivity (Wildman–Crippen MR) is 83.3 cm³/mol. The van der Waals surface area contributed by atoms with E-state index in [1.54, 1.807) is 0 Å². The first-order valence-corrected chi connectivity index (χ1v) is 7.39. The number of aliphatic hydroxyl groups is 1. The number of benzene rings is 1. The lowest BCUT2D eigenvalue weighted by Crippen LogP contribution is -2.37. The zero-order valence-electron chi connectivity index (χ0n) is 11.9. The SMILES string of the molecule is CCC(CC)N(CCO)c1nnc(Cl)c2ccccc12. The second kappa shape index (κ2) is 6.86. The van der Waals surface area contributed by atoms with E-state index < -0.39 is 0 Å². The van der Waals surface area contributed by atoms with Gasteiger partial charge in [0.1, 0.15) is 0 Å². The smallest absolute Gasteiger partial charge is 0.159 e. The number of hydrogen-bond acceptors (Lipinski definition) is 4. The summed E-state index contributed by atoms with van der Waals surface area (Å²) in [6.45, 7) is 4.93. The maximum Gasteiger partial charge on any atom is 0.159 e. The Labute approximate surface area is 124 Å². The van der Waals surface area contributed by atoms with Crippen LogP contribution < -0.4 is 4.90 Å². The van der Waals surface area contributed by atoms with E-state index in [1.165, 1.54) is 0 Å². The number of halogens is 1. The summed E-state index contributed by atoms with van der Waals surface area (Å²) >= 11 is 6.12. The molecule has 5 heteroatoms. The second-order valence-corrected chi connectivity index (χ2v) is 5.11. The highest BCUT2D eigenvalue weighted by molar-refractivity contribution is 6.34. The number of aliphatic hydroxyl groups excluding tert-OH is 1. The Morgan fingerprint density at radius 2 is 1.80 bits per heavy atom. The Morgan fingerprint density at radius 3 is 2.40 bits per heavy atom. The fourth-order valence-corrected chi connectivity index (χ4v) is 2.77. The van der Waals surface area contributed by atoms with Crippen molar-refractivity contribution in [3.05, 3.63) is 29.4 Å². The number of fused-ring (bicyclic) bond motifs is 1. The first kappa shape index (κ1) is 15.0. The molecule has 1 aromatic carbocycles. The maximum absolute atomic E-state index is 9.35. The zero-order valence-corrected chi connectivity index (χ0v) is 12.6. The average Bonchev–Trinajstić information content (AvgIpc) is 2.48. The molecule has 0 radical (unpaired) electrons. The molecule has 0 aliphatic heterocycles. The third-order valence-electron chi connectivity index (χ3n) is 3.62. The van der Waals surface area contributed by atoms with Crippen LogP contribution in [0.1, 0.15) is 26.7 Å². The van der Waals surface area contributed by atoms with E-state index in [0.717, 1.165) is 29.4 Å². The van der Waals surface area contributed by atoms with Crippen LogP contribution in [-0.4, -0.2) is 34.5 Å². The molecule has 2 aromatic rings. The lowest BCUT2D eigenvalue weighted by Gasteiger charge is -2.31. The van der Waals surface area contributed by atoms with Gasteiger partial charge in [0.2, 0.25) is 0 Å². The molecule has 0 atom stereocenters. The molecule has 0 aliphatic rings. The summed E-state index contributed by atoms with van der Waals surface area (Å²) < 4.78 is 0. The van der Waals surface area contributed by atoms with Gasteiger partial charge in [-0.25, -0.2) is 0 Å². The molecule has 108 valence electrons. The summed E-state index contributed by atoms with van der Waals surface area (Å²) in [5, 5.41) is 20.0. The van der Waals surface area contributed by atoms with Crippen molar-refractivity contribution < 1.29 is 5.11 Å². The minimum absolute atomic E-state index is 0.0924. The Hall–Kier alpha value is -1.39. The summed E-state index contributed by atoms with van der Waals surface area (Å²) in [4.78, 5) is 2.13. The molecular formula is C15H20ClN3O. The van der Waals surface area contributed by atoms with Gasteiger partial charge in [0.05, 0.1) is 6.61 Å². The van der Waals surface area contributed by atoms with Gasteiger partial charge in [-0.3, -0.25) is 0 Å². The van der Waals surface area contributed by atoms with Gasteiger partial charge < -0.3 is 10.0 Å². The van der Waals surface area contributed by atoms with Crippen molar-refractivity contribution >= 4 is 28.2 Å². The number of anilines is 1. The molecule has 0 amide bonds. The fourth-order valence-electron chi connectivity index (χ4n) is 2.57. The van der Waals surface area contributed by atoms with Crippen molar-refractivity contribution in [2.24, 2.45) is 0 Å². The fraction of sp³-hybridized carbons (Fsp3) is 0.467. The number of aromatic nitrogens is 2. The quantitative estimate of drug-likeness (QED) is 0.888. The monoisotopic (exact) mass is 293 g/mol. The Morgan fingerprint density at radius 1 is 1.15 bits per heavy atom. The van der Waals surface area contributed by atoms with Crippen molar-refractivity contribution in [3.8, 4) is 0 Å². The Kier molecular flexibility index (Phi) is 5.15. The largest absolute Gasteiger partial charge is 0.395 e. The summed E-state index contributed by atoms with van der Waals surface area (Å²) in [5.74, 6) is 0.799. The lowest BCUT2D eigenvalue weighted by atomic mass is 10.1. The van der Waals surface area contributed by atoms with Crippen LogP contribution in [0.4, 0.5) is 5.82 Å². The first-order valence-electron chi connectivity index (χ1n) is 7.01. The van der Waals surface area contributed by atoms with Gasteiger partial charge in [-0.1, -0.05) is 49.7 Å². The van der Waals surface area contributed by atoms with Crippen molar-refractivity contribution in [1.29, 1.82) is 0 Å². The molecule has 1 aromatic heterocycles. The van der Waals surface area contributed by atoms with Crippen molar-refractivity contribution in [3.63, 3.8) is 0 Å². The summed E-state index contributed by atoms with van der Waals surface area (Å²) in [7, 11) is 0. The Bertz CT molecular complexity index is 572. The number of rotatable bonds is 6. The minimum Gasteiger partial charge on any atom is -0.395 e. The molecule has 0 fully saturated rings. The van der Waals surface area contributed by atoms with E-state index in [4.69, 9.17) is 11.6 Å². The molecule has 1 heterocycles. The lowest BCUT2D eigenvalue weighted by molar-refractivity contribution is 0.295. The van der Waals surface area contributed by atoms with Crippen LogP contribution in [0.15, 0.2) is 24.3 Å². The highest BCUT2D eigenvalue weighted by Crippen LogP contribution is 2.30. The van der Waals surface area contributed by atoms with Crippen LogP contribution in [0.3, 0.4) is 0 Å². The van der Waals surface area contributed by atoms with Crippen LogP contribution in [0, 0.1) is 0 Å². The first-order chi connectivity index (χ1) is 9.72. The van der Waals surface area contributed by atoms with Gasteiger partial charge in [-0.15, -0.1) is 10.2 Å². The van der Waals surface area contributed by atoms with Gasteiger partial charge in [-0.05, 0) is 12.8 Å². The maximum atomic E-state index is 9.35. The molecule has 1 N–H and O–H groups in total. The molecule has 0 unspecified atom stereocenters. The molecule has 20 heavy (non-hydrogen) atoms. The normalized spacial score (nSPS) is 11.2. The highest BCUT2D eigenvalue weighted by Gasteiger charge is 2.20. The molecule has 0 aliphatic carbocycles. The van der Waals surface area contributed by atoms with Crippen molar-refractivity contribution in [2.75, 3.05) is 18.1 Å². The molecule has 0 bridgehead atoms. The number of nitrogens with zero attached hydrogens (tertiary/aromatic N) is 3. The average molecular weight is 294 g/mol. The van der Waals surface area contributed by atoms with E-state index in [2.05, 4.69) is 28.9 Å². The van der Waals surface area contributed by atoms with Crippen LogP contribution in [0.2, 0.25) is 5.15 Å². The molecule has 0 saturated carbocycles. The summed E-state index contributed by atoms with van der Waals surface area (Å²) in [6, 6.07) is 8.18. The molecule has 4 nitrogen and oxygen atoms in total. The van der Waals surface area contributed by atoms with Gasteiger partial charge in [0.15, 0.2) is 11.0 Å². The van der Waals surface area contributed by atoms with E-state index in [1.807, 2.05) is 24.3 Å². The van der Waals surface area contributed by atoms with Crippen LogP contribution in [0.25, 0.3) is 10.8 Å². The number of hydrogen-bond donors (Lipinski definition) is 1. The van der Waals surface area contributed by atoms with Crippen molar-refractivity contribution in [1.82, 2.24) is 10.2 Å². The van der Waals surface area contributed by atoms with E-state index >= 15 is 0 Å². The van der Waals surface area contributed by atoms with Gasteiger partial charge in [0.25, 0.3) is 0 Å². The van der Waals surface area contributed by atoms with Gasteiger partial charge in [0, 0.05) is 23.4 Å². The second-order valence-electron chi connectivity index (χ2n) is 4.75. The van der Waals surface area contributed by atoms with Crippen LogP contribution in [-0.2, 0) is 0 Å². The molecule has 0 spiro atoms. The van der Waals surface area contributed by atoms with E-state index in [-0.39, 0.29) is 6.61 Å². The third kappa shape index (κ3) is 2.86. The standard InChI is InChI=1S/C15H20ClN3O/c1-3-11(4-2)19(9-10-20)15-13-8-6-5-7-12(13)14(16)17-18-15/h5-8,11,20H,3-4,9-10H2,1-2H3. The highest BCUT2D eigenvalue weighted by atomic mass is 35.5. The molecule has 0 saturated heterocycles. The Balaban J connectivity index is 2.56. The minimum atomic E-state index is 0.0924. The predicted octanol–water partition coefficient (Wildman–Crippen LogP) is 3.27. The van der Waals surface area contributed by atoms with Crippen LogP contribution >= 0.6 is 11.6 Å². The zero-order chi connectivity index (χ0) is 14.5. The van der Waals surface area contributed by atoms with Gasteiger partial charge >= 0.3 is 0 Å². The van der Waals surface area contributed by atoms with E-state index in [9.17, 15) is 5.11 Å². The van der Waals surface area contributed by atoms with Crippen molar-refractivity contribution in [2.45, 2.75) is 32.7 Å². The van der Waals surface area contributed by atoms with Crippen LogP contribution in [0.5, 0.6) is 0 Å². The van der Waals surface area contributed by atoms with E-state index in [0.29, 0.717) is 17.7 Å². The third-order valence-corrected chi connectivity index (χ3v) is 3.90. The van der Waals surface area contributed by atoms with Gasteiger partial charge in [-0.2, -0.15) is 0 Å². The summed E-state index contributed by atoms with van der Waals surface area (Å²) in [6.07, 6.45) is 1.99. The topological polar surface area (TPSA) is 49.2 Å². The molecule has 2 rings (SSSR count). The molecular weight excluding hydrogens is 274 g/mol.